The van der Waals surface area contributed by atoms with Gasteiger partial charge in [-0.3, -0.25) is 4.79 Å². The van der Waals surface area contributed by atoms with Crippen molar-refractivity contribution >= 4 is 16.1 Å². The summed E-state index contributed by atoms with van der Waals surface area (Å²) in [6.45, 7) is 2.64. The van der Waals surface area contributed by atoms with Gasteiger partial charge in [0.15, 0.2) is 0 Å². The Morgan fingerprint density at radius 1 is 0.767 bits per heavy atom. The van der Waals surface area contributed by atoms with Gasteiger partial charge in [-0.1, -0.05) is 36.4 Å². The van der Waals surface area contributed by atoms with Crippen LogP contribution in [0.2, 0.25) is 0 Å². The van der Waals surface area contributed by atoms with Crippen LogP contribution in [0.25, 0.3) is 0 Å². The summed E-state index contributed by atoms with van der Waals surface area (Å²) < 4.78 is 34.7. The lowest BCUT2D eigenvalue weighted by molar-refractivity contribution is -0.133. The number of carbonyl (C=O) groups excluding carboxylic acids is 1. The van der Waals surface area contributed by atoms with E-state index in [1.165, 1.54) is 4.31 Å². The minimum atomic E-state index is -3.42. The molecule has 0 atom stereocenters. The van der Waals surface area contributed by atoms with Crippen molar-refractivity contribution in [1.29, 1.82) is 0 Å². The van der Waals surface area contributed by atoms with E-state index >= 15 is 0 Å². The lowest BCUT2D eigenvalue weighted by Crippen LogP contribution is -2.54. The minimum Gasteiger partial charge on any atom is -0.457 e. The molecule has 0 N–H and O–H groups in total. The Kier molecular flexibility index (Phi) is 5.00. The number of carbonyl (C=O) groups is 1. The third kappa shape index (κ3) is 3.29. The van der Waals surface area contributed by atoms with E-state index in [1.807, 2.05) is 48.5 Å². The molecule has 5 rings (SSSR count). The van der Waals surface area contributed by atoms with E-state index in [9.17, 15) is 13.2 Å². The number of rotatable bonds is 3. The van der Waals surface area contributed by atoms with Crippen molar-refractivity contribution in [3.8, 4) is 11.5 Å². The third-order valence-corrected chi connectivity index (χ3v) is 8.23. The van der Waals surface area contributed by atoms with Crippen molar-refractivity contribution in [2.24, 2.45) is 0 Å². The molecule has 0 aliphatic carbocycles. The van der Waals surface area contributed by atoms with Gasteiger partial charge >= 0.3 is 0 Å². The fourth-order valence-corrected chi connectivity index (χ4v) is 6.25. The van der Waals surface area contributed by atoms with Crippen LogP contribution in [0.15, 0.2) is 48.5 Å². The number of benzene rings is 2. The van der Waals surface area contributed by atoms with Crippen molar-refractivity contribution in [2.75, 3.05) is 39.3 Å². The predicted molar refractivity (Wildman–Crippen MR) is 113 cm³/mol. The van der Waals surface area contributed by atoms with Crippen LogP contribution in [-0.4, -0.2) is 67.1 Å². The van der Waals surface area contributed by atoms with Gasteiger partial charge in [-0.05, 0) is 25.0 Å². The molecule has 3 aliphatic rings. The number of fused-ring (bicyclic) bond motifs is 2. The van der Waals surface area contributed by atoms with E-state index in [0.717, 1.165) is 24.0 Å². The van der Waals surface area contributed by atoms with E-state index in [0.29, 0.717) is 50.8 Å². The summed E-state index contributed by atoms with van der Waals surface area (Å²) >= 11 is 0. The zero-order valence-electron chi connectivity index (χ0n) is 16.7. The molecule has 8 heteroatoms. The second-order valence-electron chi connectivity index (χ2n) is 7.95. The molecular weight excluding hydrogens is 402 g/mol. The molecule has 2 fully saturated rings. The lowest BCUT2D eigenvalue weighted by atomic mass is 9.86. The van der Waals surface area contributed by atoms with E-state index in [1.54, 1.807) is 9.21 Å². The monoisotopic (exact) mass is 427 g/mol. The quantitative estimate of drug-likeness (QED) is 0.754. The molecule has 0 spiro atoms. The summed E-state index contributed by atoms with van der Waals surface area (Å²) in [6.07, 6.45) is 1.83. The summed E-state index contributed by atoms with van der Waals surface area (Å²) in [6, 6.07) is 15.3. The van der Waals surface area contributed by atoms with Gasteiger partial charge < -0.3 is 9.64 Å². The molecule has 7 nitrogen and oxygen atoms in total. The molecule has 158 valence electrons. The third-order valence-electron chi connectivity index (χ3n) is 6.19. The van der Waals surface area contributed by atoms with Crippen molar-refractivity contribution in [3.05, 3.63) is 59.7 Å². The zero-order valence-corrected chi connectivity index (χ0v) is 17.6. The van der Waals surface area contributed by atoms with Crippen molar-refractivity contribution in [3.63, 3.8) is 0 Å². The molecule has 0 radical (unpaired) electrons. The minimum absolute atomic E-state index is 0.00331. The highest BCUT2D eigenvalue weighted by Gasteiger charge is 2.39. The molecule has 2 saturated heterocycles. The summed E-state index contributed by atoms with van der Waals surface area (Å²) in [5, 5.41) is 0. The van der Waals surface area contributed by atoms with Crippen LogP contribution in [0.5, 0.6) is 11.5 Å². The highest BCUT2D eigenvalue weighted by Crippen LogP contribution is 2.44. The van der Waals surface area contributed by atoms with Gasteiger partial charge in [-0.2, -0.15) is 17.0 Å². The summed E-state index contributed by atoms with van der Waals surface area (Å²) in [4.78, 5) is 15.4. The average Bonchev–Trinajstić information content (AvgIpc) is 3.33. The molecule has 3 heterocycles. The average molecular weight is 428 g/mol. The van der Waals surface area contributed by atoms with Gasteiger partial charge in [0.1, 0.15) is 11.5 Å². The standard InChI is InChI=1S/C22H25N3O4S/c26-22(23-13-15-25(16-14-23)30(27,28)24-11-5-6-12-24)21-17-7-1-3-9-19(17)29-20-10-4-2-8-18(20)21/h1-4,7-10,21H,5-6,11-16H2. The number of amides is 1. The Labute approximate surface area is 177 Å². The maximum Gasteiger partial charge on any atom is 0.282 e. The maximum absolute atomic E-state index is 13.6. The maximum atomic E-state index is 13.6. The number of ether oxygens (including phenoxy) is 1. The first-order valence-corrected chi connectivity index (χ1v) is 11.8. The number of hydrogen-bond donors (Lipinski definition) is 0. The Bertz CT molecular complexity index is 1010. The molecule has 0 unspecified atom stereocenters. The topological polar surface area (TPSA) is 70.2 Å². The fraction of sp³-hybridized carbons (Fsp3) is 0.409. The first kappa shape index (κ1) is 19.5. The number of piperazine rings is 1. The highest BCUT2D eigenvalue weighted by atomic mass is 32.2. The SMILES string of the molecule is O=C(C1c2ccccc2Oc2ccccc21)N1CCN(S(=O)(=O)N2CCCC2)CC1. The van der Waals surface area contributed by atoms with Crippen molar-refractivity contribution in [1.82, 2.24) is 13.5 Å². The van der Waals surface area contributed by atoms with Crippen molar-refractivity contribution < 1.29 is 17.9 Å². The Balaban J connectivity index is 1.36. The number of para-hydroxylation sites is 2. The second kappa shape index (κ2) is 7.68. The molecule has 1 amide bonds. The van der Waals surface area contributed by atoms with Crippen LogP contribution in [-0.2, 0) is 15.0 Å². The van der Waals surface area contributed by atoms with E-state index < -0.39 is 16.1 Å². The van der Waals surface area contributed by atoms with Gasteiger partial charge in [0.2, 0.25) is 5.91 Å². The summed E-state index contributed by atoms with van der Waals surface area (Å²) in [5.41, 5.74) is 1.71. The lowest BCUT2D eigenvalue weighted by Gasteiger charge is -2.38. The first-order chi connectivity index (χ1) is 14.6. The van der Waals surface area contributed by atoms with E-state index in [-0.39, 0.29) is 5.91 Å². The second-order valence-corrected chi connectivity index (χ2v) is 9.88. The van der Waals surface area contributed by atoms with Gasteiger partial charge in [0, 0.05) is 50.4 Å². The number of hydrogen-bond acceptors (Lipinski definition) is 4. The molecule has 30 heavy (non-hydrogen) atoms. The Morgan fingerprint density at radius 3 is 1.83 bits per heavy atom. The van der Waals surface area contributed by atoms with E-state index in [2.05, 4.69) is 0 Å². The van der Waals surface area contributed by atoms with Gasteiger partial charge in [-0.15, -0.1) is 0 Å². The molecule has 2 aromatic rings. The summed E-state index contributed by atoms with van der Waals surface area (Å²) in [5.74, 6) is 0.957. The van der Waals surface area contributed by atoms with Gasteiger partial charge in [-0.25, -0.2) is 0 Å². The van der Waals surface area contributed by atoms with Crippen molar-refractivity contribution in [2.45, 2.75) is 18.8 Å². The molecule has 0 aromatic heterocycles. The van der Waals surface area contributed by atoms with Crippen LogP contribution < -0.4 is 4.74 Å². The van der Waals surface area contributed by atoms with E-state index in [4.69, 9.17) is 4.74 Å². The Hall–Kier alpha value is -2.42. The number of nitrogens with zero attached hydrogens (tertiary/aromatic N) is 3. The molecular formula is C22H25N3O4S. The molecule has 0 bridgehead atoms. The smallest absolute Gasteiger partial charge is 0.282 e. The summed E-state index contributed by atoms with van der Waals surface area (Å²) in [7, 11) is -3.42. The normalized spacial score (nSPS) is 20.5. The first-order valence-electron chi connectivity index (χ1n) is 10.5. The van der Waals surface area contributed by atoms with Crippen LogP contribution in [0, 0.1) is 0 Å². The highest BCUT2D eigenvalue weighted by molar-refractivity contribution is 7.86. The molecule has 3 aliphatic heterocycles. The van der Waals surface area contributed by atoms with Gasteiger partial charge in [0.05, 0.1) is 5.92 Å². The largest absolute Gasteiger partial charge is 0.457 e. The zero-order chi connectivity index (χ0) is 20.7. The molecule has 0 saturated carbocycles. The van der Waals surface area contributed by atoms with Crippen LogP contribution >= 0.6 is 0 Å². The van der Waals surface area contributed by atoms with Crippen LogP contribution in [0.3, 0.4) is 0 Å². The molecule has 2 aromatic carbocycles. The van der Waals surface area contributed by atoms with Gasteiger partial charge in [0.25, 0.3) is 10.2 Å². The van der Waals surface area contributed by atoms with Crippen LogP contribution in [0.1, 0.15) is 29.9 Å². The Morgan fingerprint density at radius 2 is 1.27 bits per heavy atom. The predicted octanol–water partition coefficient (Wildman–Crippen LogP) is 2.41. The fourth-order valence-electron chi connectivity index (χ4n) is 4.58. The van der Waals surface area contributed by atoms with Crippen LogP contribution in [0.4, 0.5) is 0 Å².